The van der Waals surface area contributed by atoms with Crippen molar-refractivity contribution in [3.8, 4) is 0 Å². The average molecular weight is 372 g/mol. The summed E-state index contributed by atoms with van der Waals surface area (Å²) < 4.78 is 0. The summed E-state index contributed by atoms with van der Waals surface area (Å²) >= 11 is 5.92. The fraction of sp³-hybridized carbons (Fsp3) is 0.550. The van der Waals surface area contributed by atoms with Crippen molar-refractivity contribution in [2.24, 2.45) is 0 Å². The number of nitrogens with zero attached hydrogens (tertiary/aromatic N) is 5. The van der Waals surface area contributed by atoms with Gasteiger partial charge in [-0.3, -0.25) is 4.90 Å². The second kappa shape index (κ2) is 8.31. The molecule has 2 aliphatic rings. The van der Waals surface area contributed by atoms with Crippen molar-refractivity contribution in [1.82, 2.24) is 19.9 Å². The Bertz CT molecular complexity index is 689. The van der Waals surface area contributed by atoms with Gasteiger partial charge in [-0.1, -0.05) is 30.9 Å². The Labute approximate surface area is 160 Å². The van der Waals surface area contributed by atoms with Crippen molar-refractivity contribution in [2.75, 3.05) is 31.1 Å². The summed E-state index contributed by atoms with van der Waals surface area (Å²) in [4.78, 5) is 18.5. The Balaban J connectivity index is 1.29. The van der Waals surface area contributed by atoms with Gasteiger partial charge >= 0.3 is 0 Å². The lowest BCUT2D eigenvalue weighted by Crippen LogP contribution is -2.46. The highest BCUT2D eigenvalue weighted by atomic mass is 35.5. The van der Waals surface area contributed by atoms with Crippen LogP contribution >= 0.6 is 11.6 Å². The zero-order valence-corrected chi connectivity index (χ0v) is 15.9. The van der Waals surface area contributed by atoms with E-state index in [1.165, 1.54) is 37.7 Å². The van der Waals surface area contributed by atoms with Gasteiger partial charge in [-0.25, -0.2) is 15.0 Å². The molecule has 0 atom stereocenters. The number of halogens is 1. The number of hydrogen-bond acceptors (Lipinski definition) is 5. The number of anilines is 1. The van der Waals surface area contributed by atoms with E-state index < -0.39 is 0 Å². The molecule has 2 aromatic heterocycles. The normalized spacial score (nSPS) is 19.7. The second-order valence-corrected chi connectivity index (χ2v) is 7.82. The van der Waals surface area contributed by atoms with E-state index in [0.29, 0.717) is 10.9 Å². The highest BCUT2D eigenvalue weighted by molar-refractivity contribution is 6.30. The molecule has 1 saturated carbocycles. The lowest BCUT2D eigenvalue weighted by molar-refractivity contribution is 0.248. The largest absolute Gasteiger partial charge is 0.354 e. The predicted octanol–water partition coefficient (Wildman–Crippen LogP) is 3.89. The molecule has 4 rings (SSSR count). The minimum absolute atomic E-state index is 0.577. The Kier molecular flexibility index (Phi) is 5.65. The molecular formula is C20H26ClN5. The first-order chi connectivity index (χ1) is 12.8. The summed E-state index contributed by atoms with van der Waals surface area (Å²) in [6.07, 6.45) is 12.3. The molecule has 0 unspecified atom stereocenters. The first-order valence-electron chi connectivity index (χ1n) is 9.67. The van der Waals surface area contributed by atoms with E-state index in [1.807, 2.05) is 24.5 Å². The topological polar surface area (TPSA) is 45.2 Å². The Morgan fingerprint density at radius 2 is 1.62 bits per heavy atom. The summed E-state index contributed by atoms with van der Waals surface area (Å²) in [6.45, 7) is 4.93. The number of pyridine rings is 1. The SMILES string of the molecule is Clc1ccc(N2CCN(Cc3cnc(C4CCCCC4)nc3)CC2)nc1. The van der Waals surface area contributed by atoms with Gasteiger partial charge in [0.1, 0.15) is 11.6 Å². The average Bonchev–Trinajstić information content (AvgIpc) is 2.71. The Hall–Kier alpha value is -1.72. The lowest BCUT2D eigenvalue weighted by atomic mass is 9.89. The molecule has 3 heterocycles. The smallest absolute Gasteiger partial charge is 0.131 e. The molecule has 0 spiro atoms. The van der Waals surface area contributed by atoms with Crippen LogP contribution in [0.2, 0.25) is 5.02 Å². The van der Waals surface area contributed by atoms with Crippen molar-refractivity contribution < 1.29 is 0 Å². The maximum Gasteiger partial charge on any atom is 0.131 e. The van der Waals surface area contributed by atoms with E-state index >= 15 is 0 Å². The van der Waals surface area contributed by atoms with Crippen LogP contribution in [0.15, 0.2) is 30.7 Å². The molecule has 5 nitrogen and oxygen atoms in total. The third-order valence-electron chi connectivity index (χ3n) is 5.51. The van der Waals surface area contributed by atoms with Crippen LogP contribution in [0.3, 0.4) is 0 Å². The third kappa shape index (κ3) is 4.33. The maximum atomic E-state index is 5.92. The summed E-state index contributed by atoms with van der Waals surface area (Å²) in [6, 6.07) is 3.90. The van der Waals surface area contributed by atoms with Gasteiger partial charge in [0.15, 0.2) is 0 Å². The van der Waals surface area contributed by atoms with Crippen LogP contribution in [0.1, 0.15) is 49.4 Å². The Morgan fingerprint density at radius 3 is 2.27 bits per heavy atom. The van der Waals surface area contributed by atoms with Gasteiger partial charge < -0.3 is 4.90 Å². The number of aromatic nitrogens is 3. The van der Waals surface area contributed by atoms with Crippen LogP contribution in [0.4, 0.5) is 5.82 Å². The molecule has 0 radical (unpaired) electrons. The zero-order chi connectivity index (χ0) is 17.8. The molecule has 6 heteroatoms. The fourth-order valence-electron chi connectivity index (χ4n) is 3.97. The van der Waals surface area contributed by atoms with Gasteiger partial charge in [0, 0.05) is 62.8 Å². The summed E-state index contributed by atoms with van der Waals surface area (Å²) in [5.41, 5.74) is 1.21. The standard InChI is InChI=1S/C20H26ClN5/c21-18-6-7-19(22-14-18)26-10-8-25(9-11-26)15-16-12-23-20(24-13-16)17-4-2-1-3-5-17/h6-7,12-14,17H,1-5,8-11,15H2. The molecule has 2 aromatic rings. The molecule has 1 aliphatic carbocycles. The highest BCUT2D eigenvalue weighted by Gasteiger charge is 2.20. The predicted molar refractivity (Wildman–Crippen MR) is 105 cm³/mol. The first kappa shape index (κ1) is 17.7. The highest BCUT2D eigenvalue weighted by Crippen LogP contribution is 2.30. The van der Waals surface area contributed by atoms with Crippen LogP contribution in [0.5, 0.6) is 0 Å². The first-order valence-corrected chi connectivity index (χ1v) is 10.1. The molecular weight excluding hydrogens is 346 g/mol. The van der Waals surface area contributed by atoms with E-state index in [1.54, 1.807) is 6.20 Å². The molecule has 0 bridgehead atoms. The van der Waals surface area contributed by atoms with E-state index in [9.17, 15) is 0 Å². The van der Waals surface area contributed by atoms with Crippen molar-refractivity contribution >= 4 is 17.4 Å². The molecule has 138 valence electrons. The summed E-state index contributed by atoms with van der Waals surface area (Å²) in [7, 11) is 0. The molecule has 0 aromatic carbocycles. The monoisotopic (exact) mass is 371 g/mol. The van der Waals surface area contributed by atoms with Crippen molar-refractivity contribution in [1.29, 1.82) is 0 Å². The lowest BCUT2D eigenvalue weighted by Gasteiger charge is -2.35. The molecule has 1 aliphatic heterocycles. The number of hydrogen-bond donors (Lipinski definition) is 0. The van der Waals surface area contributed by atoms with Crippen LogP contribution in [0.25, 0.3) is 0 Å². The maximum absolute atomic E-state index is 5.92. The van der Waals surface area contributed by atoms with Gasteiger partial charge in [-0.15, -0.1) is 0 Å². The molecule has 1 saturated heterocycles. The van der Waals surface area contributed by atoms with Gasteiger partial charge in [0.05, 0.1) is 5.02 Å². The number of rotatable bonds is 4. The summed E-state index contributed by atoms with van der Waals surface area (Å²) in [5.74, 6) is 2.63. The third-order valence-corrected chi connectivity index (χ3v) is 5.73. The molecule has 0 N–H and O–H groups in total. The molecule has 0 amide bonds. The van der Waals surface area contributed by atoms with Crippen LogP contribution in [-0.4, -0.2) is 46.0 Å². The van der Waals surface area contributed by atoms with E-state index in [4.69, 9.17) is 11.6 Å². The minimum atomic E-state index is 0.577. The van der Waals surface area contributed by atoms with Gasteiger partial charge in [-0.05, 0) is 25.0 Å². The van der Waals surface area contributed by atoms with Crippen LogP contribution in [-0.2, 0) is 6.54 Å². The summed E-state index contributed by atoms with van der Waals surface area (Å²) in [5, 5.41) is 0.684. The zero-order valence-electron chi connectivity index (χ0n) is 15.1. The second-order valence-electron chi connectivity index (χ2n) is 7.38. The van der Waals surface area contributed by atoms with E-state index in [0.717, 1.165) is 44.4 Å². The molecule has 2 fully saturated rings. The van der Waals surface area contributed by atoms with E-state index in [2.05, 4.69) is 24.8 Å². The fourth-order valence-corrected chi connectivity index (χ4v) is 4.08. The quantitative estimate of drug-likeness (QED) is 0.815. The Morgan fingerprint density at radius 1 is 0.885 bits per heavy atom. The molecule has 26 heavy (non-hydrogen) atoms. The van der Waals surface area contributed by atoms with Crippen molar-refractivity contribution in [2.45, 2.75) is 44.6 Å². The van der Waals surface area contributed by atoms with E-state index in [-0.39, 0.29) is 0 Å². The van der Waals surface area contributed by atoms with Crippen molar-refractivity contribution in [3.05, 3.63) is 47.1 Å². The van der Waals surface area contributed by atoms with Crippen molar-refractivity contribution in [3.63, 3.8) is 0 Å². The van der Waals surface area contributed by atoms with Gasteiger partial charge in [-0.2, -0.15) is 0 Å². The van der Waals surface area contributed by atoms with Gasteiger partial charge in [0.2, 0.25) is 0 Å². The van der Waals surface area contributed by atoms with Gasteiger partial charge in [0.25, 0.3) is 0 Å². The van der Waals surface area contributed by atoms with Crippen LogP contribution in [0, 0.1) is 0 Å². The minimum Gasteiger partial charge on any atom is -0.354 e. The number of piperazine rings is 1. The van der Waals surface area contributed by atoms with Crippen LogP contribution < -0.4 is 4.90 Å².